The molecule has 5 atom stereocenters. The summed E-state index contributed by atoms with van der Waals surface area (Å²) in [6, 6.07) is -1.73. The van der Waals surface area contributed by atoms with E-state index >= 15 is 0 Å². The fourth-order valence-electron chi connectivity index (χ4n) is 2.45. The first-order valence-electron chi connectivity index (χ1n) is 6.37. The van der Waals surface area contributed by atoms with Gasteiger partial charge in [0.2, 0.25) is 5.91 Å². The lowest BCUT2D eigenvalue weighted by atomic mass is 9.84. The summed E-state index contributed by atoms with van der Waals surface area (Å²) in [4.78, 5) is 34.0. The van der Waals surface area contributed by atoms with Gasteiger partial charge in [-0.25, -0.2) is 4.79 Å². The van der Waals surface area contributed by atoms with Crippen LogP contribution >= 0.6 is 0 Å². The number of hydrogen-bond donors (Lipinski definition) is 3. The third-order valence-corrected chi connectivity index (χ3v) is 3.64. The average Bonchev–Trinajstić information content (AvgIpc) is 3.11. The number of amides is 1. The number of carbonyl (C=O) groups excluding carboxylic acids is 2. The largest absolute Gasteiger partial charge is 0.480 e. The smallest absolute Gasteiger partial charge is 0.326 e. The fraction of sp³-hybridized carbons (Fsp3) is 0.750. The third-order valence-electron chi connectivity index (χ3n) is 3.64. The lowest BCUT2D eigenvalue weighted by Gasteiger charge is -2.23. The summed E-state index contributed by atoms with van der Waals surface area (Å²) in [5.41, 5.74) is 5.40. The van der Waals surface area contributed by atoms with E-state index in [1.165, 1.54) is 6.92 Å². The minimum atomic E-state index is -1.09. The molecule has 1 saturated carbocycles. The molecule has 1 amide bonds. The van der Waals surface area contributed by atoms with Gasteiger partial charge in [-0.1, -0.05) is 0 Å². The first-order valence-corrected chi connectivity index (χ1v) is 6.37. The number of Topliss-reactive ketones (excluding diaryl/α,β-unsaturated/α-hetero) is 1. The van der Waals surface area contributed by atoms with E-state index in [9.17, 15) is 14.4 Å². The lowest BCUT2D eigenvalue weighted by Crippen LogP contribution is -2.48. The predicted octanol–water partition coefficient (Wildman–Crippen LogP) is -0.960. The summed E-state index contributed by atoms with van der Waals surface area (Å²) in [5, 5.41) is 11.5. The van der Waals surface area contributed by atoms with E-state index in [-0.39, 0.29) is 30.3 Å². The van der Waals surface area contributed by atoms with Crippen molar-refractivity contribution in [2.24, 2.45) is 11.7 Å². The van der Waals surface area contributed by atoms with Crippen molar-refractivity contribution in [1.29, 1.82) is 0 Å². The van der Waals surface area contributed by atoms with E-state index in [1.54, 1.807) is 0 Å². The Hall–Kier alpha value is -1.47. The number of nitrogens with one attached hydrogen (secondary N) is 1. The molecule has 4 N–H and O–H groups in total. The van der Waals surface area contributed by atoms with E-state index in [4.69, 9.17) is 15.6 Å². The maximum Gasteiger partial charge on any atom is 0.326 e. The van der Waals surface area contributed by atoms with E-state index in [1.807, 2.05) is 0 Å². The van der Waals surface area contributed by atoms with Gasteiger partial charge in [-0.3, -0.25) is 9.59 Å². The summed E-state index contributed by atoms with van der Waals surface area (Å²) in [6.45, 7) is 1.49. The maximum absolute atomic E-state index is 11.5. The molecule has 106 valence electrons. The topological polar surface area (TPSA) is 122 Å². The van der Waals surface area contributed by atoms with E-state index in [0.29, 0.717) is 12.8 Å². The molecule has 2 aliphatic rings. The summed E-state index contributed by atoms with van der Waals surface area (Å²) in [6.07, 6.45) is 0.770. The Labute approximate surface area is 110 Å². The number of rotatable bonds is 5. The molecule has 2 fully saturated rings. The van der Waals surface area contributed by atoms with Crippen molar-refractivity contribution in [2.75, 3.05) is 0 Å². The zero-order valence-corrected chi connectivity index (χ0v) is 10.7. The average molecular weight is 270 g/mol. The summed E-state index contributed by atoms with van der Waals surface area (Å²) >= 11 is 0. The van der Waals surface area contributed by atoms with Crippen LogP contribution in [0.4, 0.5) is 0 Å². The molecule has 0 spiro atoms. The highest BCUT2D eigenvalue weighted by atomic mass is 16.6. The third kappa shape index (κ3) is 3.10. The molecule has 19 heavy (non-hydrogen) atoms. The number of carbonyl (C=O) groups is 3. The van der Waals surface area contributed by atoms with Crippen LogP contribution in [0.15, 0.2) is 0 Å². The number of carboxylic acids is 1. The van der Waals surface area contributed by atoms with Gasteiger partial charge in [0.15, 0.2) is 5.78 Å². The number of aliphatic carboxylic acids is 1. The molecule has 0 radical (unpaired) electrons. The number of nitrogens with two attached hydrogens (primary N) is 1. The second-order valence-electron chi connectivity index (χ2n) is 5.21. The molecule has 2 rings (SSSR count). The van der Waals surface area contributed by atoms with Gasteiger partial charge in [0.25, 0.3) is 0 Å². The number of epoxide rings is 1. The first-order chi connectivity index (χ1) is 8.90. The van der Waals surface area contributed by atoms with Crippen LogP contribution in [0.2, 0.25) is 0 Å². The molecule has 7 nitrogen and oxygen atoms in total. The molecule has 0 aromatic heterocycles. The van der Waals surface area contributed by atoms with E-state index in [2.05, 4.69) is 5.32 Å². The minimum Gasteiger partial charge on any atom is -0.480 e. The normalized spacial score (nSPS) is 32.1. The molecule has 5 unspecified atom stereocenters. The highest BCUT2D eigenvalue weighted by Crippen LogP contribution is 2.40. The second kappa shape index (κ2) is 5.26. The van der Waals surface area contributed by atoms with Crippen LogP contribution in [0.3, 0.4) is 0 Å². The maximum atomic E-state index is 11.5. The Balaban J connectivity index is 1.92. The Morgan fingerprint density at radius 2 is 2.26 bits per heavy atom. The van der Waals surface area contributed by atoms with Crippen molar-refractivity contribution in [3.05, 3.63) is 0 Å². The molecular formula is C12H18N2O5. The Kier molecular flexibility index (Phi) is 3.86. The monoisotopic (exact) mass is 270 g/mol. The lowest BCUT2D eigenvalue weighted by molar-refractivity contribution is -0.142. The minimum absolute atomic E-state index is 0.00261. The van der Waals surface area contributed by atoms with Crippen molar-refractivity contribution in [1.82, 2.24) is 5.32 Å². The number of hydrogen-bond acceptors (Lipinski definition) is 5. The van der Waals surface area contributed by atoms with Crippen LogP contribution in [0, 0.1) is 5.92 Å². The number of fused-ring (bicyclic) bond motifs is 1. The van der Waals surface area contributed by atoms with Crippen LogP contribution < -0.4 is 11.1 Å². The molecule has 0 aromatic carbocycles. The number of ether oxygens (including phenoxy) is 1. The molecule has 7 heteroatoms. The highest BCUT2D eigenvalue weighted by molar-refractivity contribution is 5.87. The van der Waals surface area contributed by atoms with Gasteiger partial charge in [0.05, 0.1) is 12.1 Å². The zero-order chi connectivity index (χ0) is 14.2. The SMILES string of the molecule is CC(N)C(=O)NC(CC1CCC(=O)C2OC12)C(=O)O. The van der Waals surface area contributed by atoms with Gasteiger partial charge in [-0.2, -0.15) is 0 Å². The van der Waals surface area contributed by atoms with Gasteiger partial charge in [0.1, 0.15) is 12.1 Å². The van der Waals surface area contributed by atoms with Gasteiger partial charge in [-0.15, -0.1) is 0 Å². The van der Waals surface area contributed by atoms with Crippen LogP contribution in [0.5, 0.6) is 0 Å². The van der Waals surface area contributed by atoms with Crippen molar-refractivity contribution in [3.63, 3.8) is 0 Å². The molecule has 1 aliphatic heterocycles. The van der Waals surface area contributed by atoms with Gasteiger partial charge in [0, 0.05) is 6.42 Å². The second-order valence-corrected chi connectivity index (χ2v) is 5.21. The molecule has 0 bridgehead atoms. The fourth-order valence-corrected chi connectivity index (χ4v) is 2.45. The van der Waals surface area contributed by atoms with Crippen molar-refractivity contribution in [3.8, 4) is 0 Å². The number of ketones is 1. The van der Waals surface area contributed by atoms with Crippen LogP contribution in [0.25, 0.3) is 0 Å². The number of carboxylic acid groups (broad SMARTS) is 1. The summed E-state index contributed by atoms with van der Waals surface area (Å²) in [5.74, 6) is -1.50. The highest BCUT2D eigenvalue weighted by Gasteiger charge is 2.53. The quantitative estimate of drug-likeness (QED) is 0.553. The van der Waals surface area contributed by atoms with Gasteiger partial charge in [-0.05, 0) is 25.7 Å². The Morgan fingerprint density at radius 1 is 1.58 bits per heavy atom. The van der Waals surface area contributed by atoms with Crippen molar-refractivity contribution in [2.45, 2.75) is 50.5 Å². The molecule has 1 saturated heterocycles. The van der Waals surface area contributed by atoms with Gasteiger partial charge < -0.3 is 20.9 Å². The molecule has 1 heterocycles. The predicted molar refractivity (Wildman–Crippen MR) is 64.2 cm³/mol. The Bertz CT molecular complexity index is 409. The van der Waals surface area contributed by atoms with Gasteiger partial charge >= 0.3 is 5.97 Å². The van der Waals surface area contributed by atoms with Crippen molar-refractivity contribution >= 4 is 17.7 Å². The molecule has 1 aliphatic carbocycles. The van der Waals surface area contributed by atoms with Crippen molar-refractivity contribution < 1.29 is 24.2 Å². The van der Waals surface area contributed by atoms with Crippen LogP contribution in [0.1, 0.15) is 26.2 Å². The standard InChI is InChI=1S/C12H18N2O5/c1-5(13)11(16)14-7(12(17)18)4-6-2-3-8(15)10-9(6)19-10/h5-7,9-10H,2-4,13H2,1H3,(H,14,16)(H,17,18). The van der Waals surface area contributed by atoms with E-state index in [0.717, 1.165) is 0 Å². The summed E-state index contributed by atoms with van der Waals surface area (Å²) in [7, 11) is 0. The molecular weight excluding hydrogens is 252 g/mol. The van der Waals surface area contributed by atoms with Crippen LogP contribution in [-0.2, 0) is 19.1 Å². The molecule has 0 aromatic rings. The van der Waals surface area contributed by atoms with E-state index < -0.39 is 24.0 Å². The zero-order valence-electron chi connectivity index (χ0n) is 10.7. The van der Waals surface area contributed by atoms with Crippen LogP contribution in [-0.4, -0.2) is 47.1 Å². The summed E-state index contributed by atoms with van der Waals surface area (Å²) < 4.78 is 5.26. The first kappa shape index (κ1) is 14.0. The Morgan fingerprint density at radius 3 is 2.84 bits per heavy atom.